The van der Waals surface area contributed by atoms with Gasteiger partial charge in [0, 0.05) is 6.42 Å². The minimum atomic E-state index is -1.38. The van der Waals surface area contributed by atoms with Gasteiger partial charge in [-0.25, -0.2) is 4.79 Å². The molecule has 0 aliphatic rings. The zero-order valence-corrected chi connectivity index (χ0v) is 12.8. The van der Waals surface area contributed by atoms with E-state index in [9.17, 15) is 19.2 Å². The lowest BCUT2D eigenvalue weighted by Gasteiger charge is -2.21. The van der Waals surface area contributed by atoms with Gasteiger partial charge in [0.2, 0.25) is 5.91 Å². The van der Waals surface area contributed by atoms with Crippen molar-refractivity contribution in [3.05, 3.63) is 0 Å². The second kappa shape index (κ2) is 8.32. The molecule has 0 aliphatic carbocycles. The van der Waals surface area contributed by atoms with Crippen LogP contribution in [0.3, 0.4) is 0 Å². The van der Waals surface area contributed by atoms with Crippen LogP contribution in [0.5, 0.6) is 0 Å². The zero-order valence-electron chi connectivity index (χ0n) is 12.8. The van der Waals surface area contributed by atoms with Crippen molar-refractivity contribution in [1.82, 2.24) is 5.32 Å². The normalized spacial score (nSPS) is 13.8. The van der Waals surface area contributed by atoms with E-state index < -0.39 is 54.3 Å². The summed E-state index contributed by atoms with van der Waals surface area (Å²) in [5, 5.41) is 19.5. The Balaban J connectivity index is 4.50. The van der Waals surface area contributed by atoms with E-state index in [1.807, 2.05) is 0 Å². The number of amides is 1. The number of aliphatic carboxylic acids is 2. The van der Waals surface area contributed by atoms with Crippen LogP contribution in [0.25, 0.3) is 0 Å². The van der Waals surface area contributed by atoms with E-state index in [1.165, 1.54) is 0 Å². The molecule has 0 aliphatic heterocycles. The summed E-state index contributed by atoms with van der Waals surface area (Å²) in [6, 6.07) is -2.66. The average molecular weight is 318 g/mol. The van der Waals surface area contributed by atoms with Crippen LogP contribution >= 0.6 is 0 Å². The van der Waals surface area contributed by atoms with E-state index in [1.54, 1.807) is 20.8 Å². The first-order chi connectivity index (χ1) is 9.92. The fourth-order valence-corrected chi connectivity index (χ4v) is 1.46. The van der Waals surface area contributed by atoms with E-state index in [4.69, 9.17) is 20.7 Å². The quantitative estimate of drug-likeness (QED) is 0.435. The molecular formula is C13H22N2O7. The molecule has 22 heavy (non-hydrogen) atoms. The van der Waals surface area contributed by atoms with Gasteiger partial charge in [-0.3, -0.25) is 14.4 Å². The lowest BCUT2D eigenvalue weighted by Crippen LogP contribution is -2.49. The van der Waals surface area contributed by atoms with Gasteiger partial charge in [-0.05, 0) is 27.2 Å². The Labute approximate surface area is 127 Å². The molecule has 0 saturated heterocycles. The van der Waals surface area contributed by atoms with Crippen molar-refractivity contribution in [1.29, 1.82) is 0 Å². The first kappa shape index (κ1) is 19.8. The van der Waals surface area contributed by atoms with Crippen LogP contribution in [-0.4, -0.2) is 51.7 Å². The van der Waals surface area contributed by atoms with Crippen molar-refractivity contribution in [2.75, 3.05) is 0 Å². The molecule has 0 fully saturated rings. The number of nitrogens with one attached hydrogen (secondary N) is 1. The summed E-state index contributed by atoms with van der Waals surface area (Å²) in [4.78, 5) is 44.7. The summed E-state index contributed by atoms with van der Waals surface area (Å²) in [6.45, 7) is 4.97. The maximum Gasteiger partial charge on any atom is 0.326 e. The number of ether oxygens (including phenoxy) is 1. The highest BCUT2D eigenvalue weighted by molar-refractivity contribution is 5.89. The number of carboxylic acid groups (broad SMARTS) is 2. The molecular weight excluding hydrogens is 296 g/mol. The van der Waals surface area contributed by atoms with E-state index in [0.29, 0.717) is 0 Å². The first-order valence-electron chi connectivity index (χ1n) is 6.64. The van der Waals surface area contributed by atoms with Crippen LogP contribution in [0, 0.1) is 0 Å². The Morgan fingerprint density at radius 3 is 2.14 bits per heavy atom. The van der Waals surface area contributed by atoms with Gasteiger partial charge in [0.25, 0.3) is 0 Å². The smallest absolute Gasteiger partial charge is 0.326 e. The standard InChI is InChI=1S/C13H22N2O7/c1-13(2,3)22-10(18)6-7(14)11(19)15-8(12(20)21)4-5-9(16)17/h7-8H,4-6,14H2,1-3H3,(H,15,19)(H,16,17)(H,20,21)/t7-,8-/m0/s1. The third-order valence-electron chi connectivity index (χ3n) is 2.40. The number of nitrogens with two attached hydrogens (primary N) is 1. The van der Waals surface area contributed by atoms with Crippen molar-refractivity contribution in [2.24, 2.45) is 5.73 Å². The molecule has 9 nitrogen and oxygen atoms in total. The van der Waals surface area contributed by atoms with Crippen molar-refractivity contribution in [3.8, 4) is 0 Å². The zero-order chi connectivity index (χ0) is 17.5. The van der Waals surface area contributed by atoms with Gasteiger partial charge in [-0.15, -0.1) is 0 Å². The third-order valence-corrected chi connectivity index (χ3v) is 2.40. The predicted octanol–water partition coefficient (Wildman–Crippen LogP) is -0.520. The minimum absolute atomic E-state index is 0.282. The van der Waals surface area contributed by atoms with Gasteiger partial charge in [-0.2, -0.15) is 0 Å². The summed E-state index contributed by atoms with van der Waals surface area (Å²) in [7, 11) is 0. The molecule has 2 atom stereocenters. The van der Waals surface area contributed by atoms with E-state index in [-0.39, 0.29) is 6.42 Å². The lowest BCUT2D eigenvalue weighted by atomic mass is 10.1. The molecule has 1 amide bonds. The molecule has 0 unspecified atom stereocenters. The maximum absolute atomic E-state index is 11.7. The average Bonchev–Trinajstić information content (AvgIpc) is 2.30. The lowest BCUT2D eigenvalue weighted by molar-refractivity contribution is -0.156. The van der Waals surface area contributed by atoms with Gasteiger partial charge < -0.3 is 26.0 Å². The van der Waals surface area contributed by atoms with Crippen LogP contribution in [-0.2, 0) is 23.9 Å². The molecule has 126 valence electrons. The Hall–Kier alpha value is -2.16. The molecule has 0 heterocycles. The van der Waals surface area contributed by atoms with Crippen molar-refractivity contribution in [2.45, 2.75) is 57.7 Å². The van der Waals surface area contributed by atoms with Crippen molar-refractivity contribution < 1.29 is 34.1 Å². The molecule has 5 N–H and O–H groups in total. The molecule has 9 heteroatoms. The summed E-state index contributed by atoms with van der Waals surface area (Å²) >= 11 is 0. The van der Waals surface area contributed by atoms with Crippen LogP contribution in [0.15, 0.2) is 0 Å². The highest BCUT2D eigenvalue weighted by Crippen LogP contribution is 2.09. The maximum atomic E-state index is 11.7. The fraction of sp³-hybridized carbons (Fsp3) is 0.692. The van der Waals surface area contributed by atoms with Gasteiger partial charge >= 0.3 is 17.9 Å². The molecule has 0 aromatic heterocycles. The van der Waals surface area contributed by atoms with Gasteiger partial charge in [0.15, 0.2) is 0 Å². The SMILES string of the molecule is CC(C)(C)OC(=O)C[C@H](N)C(=O)N[C@@H](CCC(=O)O)C(=O)O. The monoisotopic (exact) mass is 318 g/mol. The summed E-state index contributed by atoms with van der Waals surface area (Å²) in [5.74, 6) is -4.10. The summed E-state index contributed by atoms with van der Waals surface area (Å²) in [6.07, 6.45) is -1.11. The molecule has 0 rings (SSSR count). The second-order valence-corrected chi connectivity index (χ2v) is 5.73. The highest BCUT2D eigenvalue weighted by Gasteiger charge is 2.26. The van der Waals surface area contributed by atoms with Crippen LogP contribution in [0.1, 0.15) is 40.0 Å². The number of carbonyl (C=O) groups is 4. The Bertz CT molecular complexity index is 442. The van der Waals surface area contributed by atoms with E-state index >= 15 is 0 Å². The van der Waals surface area contributed by atoms with Gasteiger partial charge in [0.05, 0.1) is 12.5 Å². The topological polar surface area (TPSA) is 156 Å². The van der Waals surface area contributed by atoms with Crippen LogP contribution in [0.4, 0.5) is 0 Å². The third kappa shape index (κ3) is 8.90. The van der Waals surface area contributed by atoms with Crippen molar-refractivity contribution >= 4 is 23.8 Å². The second-order valence-electron chi connectivity index (χ2n) is 5.73. The molecule has 0 aromatic carbocycles. The van der Waals surface area contributed by atoms with E-state index in [2.05, 4.69) is 5.32 Å². The number of carboxylic acids is 2. The van der Waals surface area contributed by atoms with Crippen molar-refractivity contribution in [3.63, 3.8) is 0 Å². The molecule has 0 saturated carbocycles. The van der Waals surface area contributed by atoms with E-state index in [0.717, 1.165) is 0 Å². The molecule has 0 bridgehead atoms. The number of hydrogen-bond donors (Lipinski definition) is 4. The largest absolute Gasteiger partial charge is 0.481 e. The number of esters is 1. The Morgan fingerprint density at radius 1 is 1.18 bits per heavy atom. The Kier molecular flexibility index (Phi) is 7.51. The molecule has 0 radical (unpaired) electrons. The van der Waals surface area contributed by atoms with Gasteiger partial charge in [-0.1, -0.05) is 0 Å². The predicted molar refractivity (Wildman–Crippen MR) is 74.9 cm³/mol. The number of carbonyl (C=O) groups excluding carboxylic acids is 2. The fourth-order valence-electron chi connectivity index (χ4n) is 1.46. The number of rotatable bonds is 8. The summed E-state index contributed by atoms with van der Waals surface area (Å²) in [5.41, 5.74) is 4.80. The molecule has 0 spiro atoms. The highest BCUT2D eigenvalue weighted by atomic mass is 16.6. The van der Waals surface area contributed by atoms with Gasteiger partial charge in [0.1, 0.15) is 11.6 Å². The summed E-state index contributed by atoms with van der Waals surface area (Å²) < 4.78 is 5.00. The van der Waals surface area contributed by atoms with Crippen LogP contribution in [0.2, 0.25) is 0 Å². The Morgan fingerprint density at radius 2 is 1.73 bits per heavy atom. The first-order valence-corrected chi connectivity index (χ1v) is 6.64. The minimum Gasteiger partial charge on any atom is -0.481 e. The van der Waals surface area contributed by atoms with Crippen LogP contribution < -0.4 is 11.1 Å². The molecule has 0 aromatic rings. The number of hydrogen-bond acceptors (Lipinski definition) is 6.